The van der Waals surface area contributed by atoms with Gasteiger partial charge in [-0.25, -0.2) is 8.42 Å². The predicted molar refractivity (Wildman–Crippen MR) is 80.9 cm³/mol. The number of hydrogen-bond acceptors (Lipinski definition) is 3. The van der Waals surface area contributed by atoms with Crippen molar-refractivity contribution in [3.8, 4) is 0 Å². The largest absolute Gasteiger partial charge is 0.326 e. The normalized spacial score (nSPS) is 15.8. The van der Waals surface area contributed by atoms with Crippen LogP contribution >= 0.6 is 0 Å². The maximum absolute atomic E-state index is 12.9. The van der Waals surface area contributed by atoms with Gasteiger partial charge in [-0.3, -0.25) is 0 Å². The molecule has 2 N–H and O–H groups in total. The van der Waals surface area contributed by atoms with Crippen LogP contribution in [0.15, 0.2) is 23.1 Å². The van der Waals surface area contributed by atoms with E-state index in [1.807, 2.05) is 13.0 Å². The monoisotopic (exact) mass is 296 g/mol. The summed E-state index contributed by atoms with van der Waals surface area (Å²) >= 11 is 0. The lowest BCUT2D eigenvalue weighted by atomic mass is 10.1. The van der Waals surface area contributed by atoms with Crippen molar-refractivity contribution in [2.75, 3.05) is 6.54 Å². The highest BCUT2D eigenvalue weighted by Gasteiger charge is 2.38. The van der Waals surface area contributed by atoms with Gasteiger partial charge in [-0.2, -0.15) is 4.31 Å². The van der Waals surface area contributed by atoms with E-state index in [9.17, 15) is 8.42 Å². The zero-order valence-electron chi connectivity index (χ0n) is 12.3. The molecule has 0 radical (unpaired) electrons. The minimum absolute atomic E-state index is 0.201. The summed E-state index contributed by atoms with van der Waals surface area (Å²) < 4.78 is 27.5. The van der Waals surface area contributed by atoms with Crippen LogP contribution in [-0.4, -0.2) is 25.3 Å². The summed E-state index contributed by atoms with van der Waals surface area (Å²) in [7, 11) is -3.40. The summed E-state index contributed by atoms with van der Waals surface area (Å²) in [6.07, 6.45) is 3.88. The third kappa shape index (κ3) is 3.05. The van der Waals surface area contributed by atoms with Gasteiger partial charge in [0.2, 0.25) is 10.0 Å². The maximum atomic E-state index is 12.9. The van der Waals surface area contributed by atoms with Crippen LogP contribution in [0.1, 0.15) is 43.7 Å². The van der Waals surface area contributed by atoms with Gasteiger partial charge in [0, 0.05) is 19.1 Å². The minimum Gasteiger partial charge on any atom is -0.326 e. The van der Waals surface area contributed by atoms with E-state index in [0.717, 1.165) is 36.8 Å². The van der Waals surface area contributed by atoms with Crippen LogP contribution in [-0.2, 0) is 16.6 Å². The first-order valence-electron chi connectivity index (χ1n) is 7.32. The molecule has 5 heteroatoms. The van der Waals surface area contributed by atoms with Gasteiger partial charge in [-0.1, -0.05) is 25.5 Å². The standard InChI is InChI=1S/C15H24N2O2S/c1-3-4-10-17(14-8-9-14)20(18,19)15-7-5-6-13(11-16)12(15)2/h5-7,14H,3-4,8-11,16H2,1-2H3. The Morgan fingerprint density at radius 3 is 2.60 bits per heavy atom. The van der Waals surface area contributed by atoms with E-state index in [1.165, 1.54) is 0 Å². The van der Waals surface area contributed by atoms with Crippen molar-refractivity contribution in [3.05, 3.63) is 29.3 Å². The zero-order valence-corrected chi connectivity index (χ0v) is 13.1. The van der Waals surface area contributed by atoms with Gasteiger partial charge in [0.15, 0.2) is 0 Å². The van der Waals surface area contributed by atoms with E-state index < -0.39 is 10.0 Å². The molecule has 0 amide bonds. The Bertz CT molecular complexity index is 565. The molecule has 0 saturated heterocycles. The van der Waals surface area contributed by atoms with E-state index >= 15 is 0 Å². The molecule has 0 heterocycles. The van der Waals surface area contributed by atoms with Crippen LogP contribution in [0, 0.1) is 6.92 Å². The number of nitrogens with two attached hydrogens (primary N) is 1. The third-order valence-electron chi connectivity index (χ3n) is 3.89. The number of hydrogen-bond donors (Lipinski definition) is 1. The topological polar surface area (TPSA) is 63.4 Å². The third-order valence-corrected chi connectivity index (χ3v) is 5.99. The molecule has 1 saturated carbocycles. The lowest BCUT2D eigenvalue weighted by Gasteiger charge is -2.23. The second kappa shape index (κ2) is 6.24. The van der Waals surface area contributed by atoms with Gasteiger partial charge in [-0.05, 0) is 43.4 Å². The molecule has 1 aromatic rings. The fourth-order valence-corrected chi connectivity index (χ4v) is 4.46. The Morgan fingerprint density at radius 2 is 2.05 bits per heavy atom. The average molecular weight is 296 g/mol. The minimum atomic E-state index is -3.40. The van der Waals surface area contributed by atoms with Crippen LogP contribution in [0.3, 0.4) is 0 Å². The Morgan fingerprint density at radius 1 is 1.35 bits per heavy atom. The molecule has 112 valence electrons. The van der Waals surface area contributed by atoms with Crippen molar-refractivity contribution in [3.63, 3.8) is 0 Å². The Balaban J connectivity index is 2.37. The van der Waals surface area contributed by atoms with Crippen molar-refractivity contribution in [2.24, 2.45) is 5.73 Å². The summed E-state index contributed by atoms with van der Waals surface area (Å²) in [5.41, 5.74) is 7.37. The second-order valence-electron chi connectivity index (χ2n) is 5.44. The Kier molecular flexibility index (Phi) is 4.83. The zero-order chi connectivity index (χ0) is 14.8. The number of benzene rings is 1. The predicted octanol–water partition coefficient (Wildman–Crippen LogP) is 2.41. The lowest BCUT2D eigenvalue weighted by Crippen LogP contribution is -2.34. The van der Waals surface area contributed by atoms with Gasteiger partial charge in [0.05, 0.1) is 4.90 Å². The number of sulfonamides is 1. The molecule has 0 aliphatic heterocycles. The summed E-state index contributed by atoms with van der Waals surface area (Å²) in [4.78, 5) is 0.420. The highest BCUT2D eigenvalue weighted by Crippen LogP contribution is 2.33. The van der Waals surface area contributed by atoms with Crippen LogP contribution in [0.25, 0.3) is 0 Å². The average Bonchev–Trinajstić information content (AvgIpc) is 3.23. The summed E-state index contributed by atoms with van der Waals surface area (Å²) in [6.45, 7) is 4.92. The molecule has 1 aromatic carbocycles. The highest BCUT2D eigenvalue weighted by molar-refractivity contribution is 7.89. The number of unbranched alkanes of at least 4 members (excludes halogenated alkanes) is 1. The van der Waals surface area contributed by atoms with Crippen molar-refractivity contribution >= 4 is 10.0 Å². The summed E-state index contributed by atoms with van der Waals surface area (Å²) in [5, 5.41) is 0. The van der Waals surface area contributed by atoms with Gasteiger partial charge >= 0.3 is 0 Å². The molecule has 0 spiro atoms. The van der Waals surface area contributed by atoms with E-state index in [-0.39, 0.29) is 6.04 Å². The van der Waals surface area contributed by atoms with E-state index in [4.69, 9.17) is 5.73 Å². The molecule has 1 aliphatic rings. The molecule has 0 bridgehead atoms. The molecule has 4 nitrogen and oxygen atoms in total. The van der Waals surface area contributed by atoms with Crippen molar-refractivity contribution in [1.29, 1.82) is 0 Å². The van der Waals surface area contributed by atoms with E-state index in [0.29, 0.717) is 18.0 Å². The molecular weight excluding hydrogens is 272 g/mol. The maximum Gasteiger partial charge on any atom is 0.243 e. The second-order valence-corrected chi connectivity index (χ2v) is 7.30. The van der Waals surface area contributed by atoms with E-state index in [2.05, 4.69) is 6.92 Å². The molecule has 1 aliphatic carbocycles. The fraction of sp³-hybridized carbons (Fsp3) is 0.600. The van der Waals surface area contributed by atoms with Crippen LogP contribution in [0.5, 0.6) is 0 Å². The molecule has 0 aromatic heterocycles. The van der Waals surface area contributed by atoms with Gasteiger partial charge in [0.25, 0.3) is 0 Å². The summed E-state index contributed by atoms with van der Waals surface area (Å²) in [6, 6.07) is 5.58. The molecule has 20 heavy (non-hydrogen) atoms. The van der Waals surface area contributed by atoms with Gasteiger partial charge in [-0.15, -0.1) is 0 Å². The van der Waals surface area contributed by atoms with Crippen LogP contribution in [0.4, 0.5) is 0 Å². The molecule has 1 fully saturated rings. The first kappa shape index (κ1) is 15.5. The van der Waals surface area contributed by atoms with Crippen molar-refractivity contribution in [2.45, 2.75) is 57.0 Å². The van der Waals surface area contributed by atoms with Gasteiger partial charge in [0.1, 0.15) is 0 Å². The quantitative estimate of drug-likeness (QED) is 0.840. The SMILES string of the molecule is CCCCN(C1CC1)S(=O)(=O)c1cccc(CN)c1C. The Hall–Kier alpha value is -0.910. The molecular formula is C15H24N2O2S. The number of nitrogens with zero attached hydrogens (tertiary/aromatic N) is 1. The van der Waals surface area contributed by atoms with Crippen molar-refractivity contribution < 1.29 is 8.42 Å². The summed E-state index contributed by atoms with van der Waals surface area (Å²) in [5.74, 6) is 0. The van der Waals surface area contributed by atoms with Crippen molar-refractivity contribution in [1.82, 2.24) is 4.31 Å². The lowest BCUT2D eigenvalue weighted by molar-refractivity contribution is 0.395. The highest BCUT2D eigenvalue weighted by atomic mass is 32.2. The number of rotatable bonds is 7. The first-order chi connectivity index (χ1) is 9.52. The molecule has 2 rings (SSSR count). The first-order valence-corrected chi connectivity index (χ1v) is 8.76. The van der Waals surface area contributed by atoms with Crippen LogP contribution in [0.2, 0.25) is 0 Å². The van der Waals surface area contributed by atoms with Gasteiger partial charge < -0.3 is 5.73 Å². The molecule has 0 unspecified atom stereocenters. The smallest absolute Gasteiger partial charge is 0.243 e. The van der Waals surface area contributed by atoms with Crippen LogP contribution < -0.4 is 5.73 Å². The van der Waals surface area contributed by atoms with E-state index in [1.54, 1.807) is 16.4 Å². The Labute approximate surface area is 122 Å². The molecule has 0 atom stereocenters. The fourth-order valence-electron chi connectivity index (χ4n) is 2.46.